The molecule has 70 valence electrons. The van der Waals surface area contributed by atoms with E-state index < -0.39 is 0 Å². The van der Waals surface area contributed by atoms with Crippen LogP contribution in [-0.4, -0.2) is 6.54 Å². The molecular formula is C12H17N. The third-order valence-electron chi connectivity index (χ3n) is 2.03. The minimum atomic E-state index is 0.486. The first kappa shape index (κ1) is 9.85. The van der Waals surface area contributed by atoms with Gasteiger partial charge in [-0.1, -0.05) is 43.3 Å². The summed E-state index contributed by atoms with van der Waals surface area (Å²) in [6, 6.07) is 10.5. The Morgan fingerprint density at radius 2 is 2.00 bits per heavy atom. The van der Waals surface area contributed by atoms with Crippen molar-refractivity contribution in [3.05, 3.63) is 48.2 Å². The number of hydrogen-bond acceptors (Lipinski definition) is 1. The van der Waals surface area contributed by atoms with Gasteiger partial charge in [0.05, 0.1) is 0 Å². The van der Waals surface area contributed by atoms with Crippen molar-refractivity contribution in [2.24, 2.45) is 0 Å². The highest BCUT2D eigenvalue weighted by Crippen LogP contribution is 2.14. The summed E-state index contributed by atoms with van der Waals surface area (Å²) in [6.07, 6.45) is 4.20. The summed E-state index contributed by atoms with van der Waals surface area (Å²) in [5.41, 5.74) is 1.36. The van der Waals surface area contributed by atoms with Crippen LogP contribution < -0.4 is 5.32 Å². The maximum Gasteiger partial charge on any atom is 0.0112 e. The van der Waals surface area contributed by atoms with Gasteiger partial charge in [-0.2, -0.15) is 0 Å². The first-order valence-electron chi connectivity index (χ1n) is 4.79. The van der Waals surface area contributed by atoms with E-state index in [0.29, 0.717) is 5.92 Å². The molecule has 0 fully saturated rings. The van der Waals surface area contributed by atoms with Crippen LogP contribution in [-0.2, 0) is 0 Å². The van der Waals surface area contributed by atoms with Crippen molar-refractivity contribution in [3.63, 3.8) is 0 Å². The molecule has 1 rings (SSSR count). The van der Waals surface area contributed by atoms with Gasteiger partial charge in [0.15, 0.2) is 0 Å². The third-order valence-corrected chi connectivity index (χ3v) is 2.03. The van der Waals surface area contributed by atoms with E-state index in [4.69, 9.17) is 0 Å². The fourth-order valence-electron chi connectivity index (χ4n) is 1.20. The molecule has 1 aromatic rings. The van der Waals surface area contributed by atoms with E-state index in [-0.39, 0.29) is 0 Å². The van der Waals surface area contributed by atoms with E-state index >= 15 is 0 Å². The third kappa shape index (κ3) is 3.32. The normalized spacial score (nSPS) is 13.1. The van der Waals surface area contributed by atoms with Gasteiger partial charge in [-0.3, -0.25) is 0 Å². The summed E-state index contributed by atoms with van der Waals surface area (Å²) in [7, 11) is 0. The first-order chi connectivity index (χ1) is 6.34. The Kier molecular flexibility index (Phi) is 4.10. The molecule has 1 aromatic carbocycles. The van der Waals surface area contributed by atoms with Gasteiger partial charge in [0.2, 0.25) is 0 Å². The van der Waals surface area contributed by atoms with Crippen molar-refractivity contribution < 1.29 is 0 Å². The highest BCUT2D eigenvalue weighted by molar-refractivity contribution is 5.22. The second kappa shape index (κ2) is 5.41. The lowest BCUT2D eigenvalue weighted by molar-refractivity contribution is 0.888. The van der Waals surface area contributed by atoms with Crippen molar-refractivity contribution in [1.29, 1.82) is 0 Å². The highest BCUT2D eigenvalue weighted by Gasteiger charge is 1.97. The van der Waals surface area contributed by atoms with Crippen molar-refractivity contribution >= 4 is 0 Å². The van der Waals surface area contributed by atoms with Crippen LogP contribution in [0.1, 0.15) is 25.3 Å². The molecular weight excluding hydrogens is 158 g/mol. The molecule has 0 spiro atoms. The van der Waals surface area contributed by atoms with Gasteiger partial charge < -0.3 is 5.32 Å². The van der Waals surface area contributed by atoms with Gasteiger partial charge in [0.25, 0.3) is 0 Å². The number of allylic oxidation sites excluding steroid dienone is 1. The zero-order valence-corrected chi connectivity index (χ0v) is 8.33. The molecule has 0 aliphatic rings. The summed E-state index contributed by atoms with van der Waals surface area (Å²) < 4.78 is 0. The molecule has 1 atom stereocenters. The largest absolute Gasteiger partial charge is 0.391 e. The average molecular weight is 175 g/mol. The van der Waals surface area contributed by atoms with Gasteiger partial charge in [0, 0.05) is 12.5 Å². The van der Waals surface area contributed by atoms with Crippen molar-refractivity contribution in [3.8, 4) is 0 Å². The quantitative estimate of drug-likeness (QED) is 0.742. The minimum Gasteiger partial charge on any atom is -0.391 e. The van der Waals surface area contributed by atoms with Crippen LogP contribution in [0.2, 0.25) is 0 Å². The van der Waals surface area contributed by atoms with Gasteiger partial charge >= 0.3 is 0 Å². The molecule has 1 unspecified atom stereocenters. The smallest absolute Gasteiger partial charge is 0.0112 e. The molecule has 0 amide bonds. The predicted molar refractivity (Wildman–Crippen MR) is 57.7 cm³/mol. The number of rotatable bonds is 4. The number of hydrogen-bond donors (Lipinski definition) is 1. The average Bonchev–Trinajstić information content (AvgIpc) is 2.19. The molecule has 0 bridgehead atoms. The molecule has 1 nitrogen and oxygen atoms in total. The Bertz CT molecular complexity index is 251. The lowest BCUT2D eigenvalue weighted by atomic mass is 10.0. The van der Waals surface area contributed by atoms with Gasteiger partial charge in [0.1, 0.15) is 0 Å². The summed E-state index contributed by atoms with van der Waals surface area (Å²) in [6.45, 7) is 5.28. The van der Waals surface area contributed by atoms with Crippen LogP contribution in [0.15, 0.2) is 42.6 Å². The molecule has 1 heteroatoms. The molecule has 0 aliphatic carbocycles. The van der Waals surface area contributed by atoms with Crippen LogP contribution in [0, 0.1) is 0 Å². The van der Waals surface area contributed by atoms with Crippen LogP contribution in [0.3, 0.4) is 0 Å². The van der Waals surface area contributed by atoms with Gasteiger partial charge in [-0.15, -0.1) is 0 Å². The van der Waals surface area contributed by atoms with Crippen LogP contribution in [0.4, 0.5) is 0 Å². The standard InChI is InChI=1S/C12H17N/c1-3-13-10-9-11(2)12-7-5-4-6-8-12/h4-11,13H,3H2,1-2H3/b10-9+. The highest BCUT2D eigenvalue weighted by atomic mass is 14.8. The SMILES string of the molecule is CCN/C=C/C(C)c1ccccc1. The van der Waals surface area contributed by atoms with Crippen LogP contribution in [0.25, 0.3) is 0 Å². The Morgan fingerprint density at radius 3 is 2.62 bits per heavy atom. The molecule has 0 saturated carbocycles. The minimum absolute atomic E-state index is 0.486. The van der Waals surface area contributed by atoms with Crippen LogP contribution >= 0.6 is 0 Å². The number of benzene rings is 1. The number of nitrogens with one attached hydrogen (secondary N) is 1. The van der Waals surface area contributed by atoms with Crippen LogP contribution in [0.5, 0.6) is 0 Å². The fourth-order valence-corrected chi connectivity index (χ4v) is 1.20. The molecule has 13 heavy (non-hydrogen) atoms. The molecule has 0 saturated heterocycles. The Morgan fingerprint density at radius 1 is 1.31 bits per heavy atom. The fraction of sp³-hybridized carbons (Fsp3) is 0.333. The van der Waals surface area contributed by atoms with Crippen molar-refractivity contribution in [2.75, 3.05) is 6.54 Å². The second-order valence-corrected chi connectivity index (χ2v) is 3.12. The lowest BCUT2D eigenvalue weighted by Gasteiger charge is -2.05. The van der Waals surface area contributed by atoms with E-state index in [2.05, 4.69) is 49.5 Å². The topological polar surface area (TPSA) is 12.0 Å². The Balaban J connectivity index is 2.53. The van der Waals surface area contributed by atoms with E-state index in [0.717, 1.165) is 6.54 Å². The van der Waals surface area contributed by atoms with Crippen molar-refractivity contribution in [2.45, 2.75) is 19.8 Å². The van der Waals surface area contributed by atoms with Crippen molar-refractivity contribution in [1.82, 2.24) is 5.32 Å². The maximum absolute atomic E-state index is 3.17. The molecule has 0 radical (unpaired) electrons. The Hall–Kier alpha value is -1.24. The molecule has 0 aromatic heterocycles. The van der Waals surface area contributed by atoms with E-state index in [1.807, 2.05) is 12.3 Å². The molecule has 0 heterocycles. The van der Waals surface area contributed by atoms with E-state index in [9.17, 15) is 0 Å². The monoisotopic (exact) mass is 175 g/mol. The molecule has 1 N–H and O–H groups in total. The Labute approximate surface area is 80.5 Å². The summed E-state index contributed by atoms with van der Waals surface area (Å²) >= 11 is 0. The lowest BCUT2D eigenvalue weighted by Crippen LogP contribution is -2.02. The predicted octanol–water partition coefficient (Wildman–Crippen LogP) is 2.91. The van der Waals surface area contributed by atoms with E-state index in [1.54, 1.807) is 0 Å². The zero-order valence-electron chi connectivity index (χ0n) is 8.33. The zero-order chi connectivity index (χ0) is 9.52. The maximum atomic E-state index is 3.17. The van der Waals surface area contributed by atoms with E-state index in [1.165, 1.54) is 5.56 Å². The summed E-state index contributed by atoms with van der Waals surface area (Å²) in [5, 5.41) is 3.17. The summed E-state index contributed by atoms with van der Waals surface area (Å²) in [5.74, 6) is 0.486. The second-order valence-electron chi connectivity index (χ2n) is 3.12. The van der Waals surface area contributed by atoms with Gasteiger partial charge in [-0.25, -0.2) is 0 Å². The first-order valence-corrected chi connectivity index (χ1v) is 4.79. The summed E-state index contributed by atoms with van der Waals surface area (Å²) in [4.78, 5) is 0. The molecule has 0 aliphatic heterocycles. The van der Waals surface area contributed by atoms with Gasteiger partial charge in [-0.05, 0) is 18.7 Å².